The summed E-state index contributed by atoms with van der Waals surface area (Å²) in [5.74, 6) is 0.916. The molecular formula is C26H36. The Balaban J connectivity index is 2.13. The topological polar surface area (TPSA) is 0 Å². The maximum atomic E-state index is 2.44. The van der Waals surface area contributed by atoms with Gasteiger partial charge in [0.15, 0.2) is 0 Å². The molecule has 0 heterocycles. The van der Waals surface area contributed by atoms with Gasteiger partial charge in [-0.1, -0.05) is 88.6 Å². The molecule has 1 aliphatic carbocycles. The third-order valence-corrected chi connectivity index (χ3v) is 6.64. The molecule has 0 aromatic heterocycles. The lowest BCUT2D eigenvalue weighted by atomic mass is 9.60. The zero-order valence-electron chi connectivity index (χ0n) is 17.1. The van der Waals surface area contributed by atoms with Crippen LogP contribution >= 0.6 is 0 Å². The maximum absolute atomic E-state index is 2.44. The van der Waals surface area contributed by atoms with E-state index in [2.05, 4.69) is 69.3 Å². The molecule has 3 rings (SSSR count). The Kier molecular flexibility index (Phi) is 6.57. The molecule has 0 N–H and O–H groups in total. The molecule has 26 heavy (non-hydrogen) atoms. The van der Waals surface area contributed by atoms with E-state index in [4.69, 9.17) is 0 Å². The lowest BCUT2D eigenvalue weighted by molar-refractivity contribution is 0.258. The lowest BCUT2D eigenvalue weighted by Gasteiger charge is -2.43. The molecule has 140 valence electrons. The van der Waals surface area contributed by atoms with Gasteiger partial charge in [0.1, 0.15) is 0 Å². The van der Waals surface area contributed by atoms with E-state index in [0.717, 1.165) is 5.92 Å². The van der Waals surface area contributed by atoms with Crippen molar-refractivity contribution in [3.8, 4) is 0 Å². The van der Waals surface area contributed by atoms with Gasteiger partial charge >= 0.3 is 0 Å². The largest absolute Gasteiger partial charge is 0.0651 e. The third-order valence-electron chi connectivity index (χ3n) is 6.64. The summed E-state index contributed by atoms with van der Waals surface area (Å²) in [6.45, 7) is 6.98. The van der Waals surface area contributed by atoms with Gasteiger partial charge in [-0.05, 0) is 66.7 Å². The van der Waals surface area contributed by atoms with Crippen molar-refractivity contribution >= 4 is 0 Å². The smallest absolute Gasteiger partial charge is 0.0208 e. The third kappa shape index (κ3) is 3.75. The molecule has 0 amide bonds. The van der Waals surface area contributed by atoms with Crippen LogP contribution in [0.15, 0.2) is 48.5 Å². The Bertz CT molecular complexity index is 637. The molecule has 0 saturated heterocycles. The van der Waals surface area contributed by atoms with Crippen molar-refractivity contribution in [3.05, 3.63) is 70.8 Å². The van der Waals surface area contributed by atoms with Crippen molar-refractivity contribution < 1.29 is 0 Å². The van der Waals surface area contributed by atoms with E-state index < -0.39 is 0 Å². The quantitative estimate of drug-likeness (QED) is 0.486. The molecule has 0 aliphatic heterocycles. The summed E-state index contributed by atoms with van der Waals surface area (Å²) in [6.07, 6.45) is 11.6. The summed E-state index contributed by atoms with van der Waals surface area (Å²) in [4.78, 5) is 0. The van der Waals surface area contributed by atoms with Crippen molar-refractivity contribution in [1.82, 2.24) is 0 Å². The van der Waals surface area contributed by atoms with Crippen LogP contribution in [0.5, 0.6) is 0 Å². The second kappa shape index (κ2) is 8.89. The van der Waals surface area contributed by atoms with Gasteiger partial charge in [0, 0.05) is 5.41 Å². The molecule has 2 aromatic carbocycles. The monoisotopic (exact) mass is 348 g/mol. The van der Waals surface area contributed by atoms with Gasteiger partial charge in [-0.3, -0.25) is 0 Å². The van der Waals surface area contributed by atoms with Crippen molar-refractivity contribution in [1.29, 1.82) is 0 Å². The second-order valence-corrected chi connectivity index (χ2v) is 8.25. The van der Waals surface area contributed by atoms with Crippen LogP contribution in [0.2, 0.25) is 0 Å². The highest BCUT2D eigenvalue weighted by atomic mass is 14.4. The minimum atomic E-state index is 0.225. The predicted octanol–water partition coefficient (Wildman–Crippen LogP) is 7.48. The van der Waals surface area contributed by atoms with Crippen LogP contribution < -0.4 is 0 Å². The zero-order chi connectivity index (χ0) is 18.4. The van der Waals surface area contributed by atoms with Crippen molar-refractivity contribution in [2.24, 2.45) is 5.92 Å². The van der Waals surface area contributed by atoms with E-state index in [-0.39, 0.29) is 5.41 Å². The van der Waals surface area contributed by atoms with E-state index in [9.17, 15) is 0 Å². The summed E-state index contributed by atoms with van der Waals surface area (Å²) < 4.78 is 0. The number of rotatable bonds is 7. The normalized spacial score (nSPS) is 17.3. The van der Waals surface area contributed by atoms with Crippen molar-refractivity contribution in [2.45, 2.75) is 84.0 Å². The number of hydrogen-bond acceptors (Lipinski definition) is 0. The van der Waals surface area contributed by atoms with Gasteiger partial charge in [-0.15, -0.1) is 0 Å². The van der Waals surface area contributed by atoms with Crippen LogP contribution in [-0.4, -0.2) is 0 Å². The molecule has 0 radical (unpaired) electrons. The van der Waals surface area contributed by atoms with E-state index in [1.165, 1.54) is 57.8 Å². The van der Waals surface area contributed by atoms with Gasteiger partial charge in [-0.25, -0.2) is 0 Å². The molecular weight excluding hydrogens is 312 g/mol. The first-order valence-corrected chi connectivity index (χ1v) is 10.9. The second-order valence-electron chi connectivity index (χ2n) is 8.25. The van der Waals surface area contributed by atoms with Crippen LogP contribution in [-0.2, 0) is 18.3 Å². The summed E-state index contributed by atoms with van der Waals surface area (Å²) in [5, 5.41) is 0. The molecule has 0 atom stereocenters. The first-order chi connectivity index (χ1) is 12.7. The highest BCUT2D eigenvalue weighted by Crippen LogP contribution is 2.49. The van der Waals surface area contributed by atoms with Crippen LogP contribution in [0, 0.1) is 5.92 Å². The van der Waals surface area contributed by atoms with Gasteiger partial charge in [0.05, 0.1) is 0 Å². The molecule has 1 fully saturated rings. The fourth-order valence-electron chi connectivity index (χ4n) is 5.21. The van der Waals surface area contributed by atoms with E-state index in [0.29, 0.717) is 0 Å². The Morgan fingerprint density at radius 2 is 1.19 bits per heavy atom. The van der Waals surface area contributed by atoms with E-state index in [1.54, 1.807) is 22.3 Å². The maximum Gasteiger partial charge on any atom is 0.0208 e. The molecule has 0 spiro atoms. The molecule has 1 aliphatic rings. The molecule has 0 bridgehead atoms. The van der Waals surface area contributed by atoms with Crippen LogP contribution in [0.3, 0.4) is 0 Å². The molecule has 1 saturated carbocycles. The highest BCUT2D eigenvalue weighted by molar-refractivity contribution is 5.47. The molecule has 0 nitrogen and oxygen atoms in total. The summed E-state index contributed by atoms with van der Waals surface area (Å²) in [7, 11) is 0. The van der Waals surface area contributed by atoms with Crippen LogP contribution in [0.1, 0.15) is 88.0 Å². The van der Waals surface area contributed by atoms with E-state index in [1.807, 2.05) is 0 Å². The Morgan fingerprint density at radius 3 is 1.62 bits per heavy atom. The fraction of sp³-hybridized carbons (Fsp3) is 0.538. The Hall–Kier alpha value is -1.56. The standard InChI is InChI=1S/C26H36/c1-4-11-22-13-7-9-15-24(22)26(19-17-21(6-3)18-20-26)25-16-10-8-14-23(25)12-5-2/h7-10,13-16,21H,4-6,11-12,17-20H2,1-3H3. The number of benzene rings is 2. The minimum absolute atomic E-state index is 0.225. The van der Waals surface area contributed by atoms with Crippen LogP contribution in [0.25, 0.3) is 0 Å². The predicted molar refractivity (Wildman–Crippen MR) is 114 cm³/mol. The summed E-state index contributed by atoms with van der Waals surface area (Å²) in [5.41, 5.74) is 6.64. The molecule has 2 aromatic rings. The SMILES string of the molecule is CCCc1ccccc1C1(c2ccccc2CCC)CCC(CC)CC1. The number of aryl methyl sites for hydroxylation is 2. The fourth-order valence-corrected chi connectivity index (χ4v) is 5.21. The summed E-state index contributed by atoms with van der Waals surface area (Å²) >= 11 is 0. The average Bonchev–Trinajstić information content (AvgIpc) is 2.69. The minimum Gasteiger partial charge on any atom is -0.0651 e. The first kappa shape index (κ1) is 19.2. The Morgan fingerprint density at radius 1 is 0.731 bits per heavy atom. The number of hydrogen-bond donors (Lipinski definition) is 0. The molecule has 0 unspecified atom stereocenters. The Labute approximate surface area is 161 Å². The van der Waals surface area contributed by atoms with Crippen molar-refractivity contribution in [2.75, 3.05) is 0 Å². The first-order valence-electron chi connectivity index (χ1n) is 10.9. The van der Waals surface area contributed by atoms with Gasteiger partial charge < -0.3 is 0 Å². The van der Waals surface area contributed by atoms with Gasteiger partial charge in [0.2, 0.25) is 0 Å². The highest BCUT2D eigenvalue weighted by Gasteiger charge is 2.40. The zero-order valence-corrected chi connectivity index (χ0v) is 17.1. The summed E-state index contributed by atoms with van der Waals surface area (Å²) in [6, 6.07) is 18.7. The van der Waals surface area contributed by atoms with E-state index >= 15 is 0 Å². The molecule has 0 heteroatoms. The van der Waals surface area contributed by atoms with Crippen molar-refractivity contribution in [3.63, 3.8) is 0 Å². The van der Waals surface area contributed by atoms with Gasteiger partial charge in [-0.2, -0.15) is 0 Å². The van der Waals surface area contributed by atoms with Crippen LogP contribution in [0.4, 0.5) is 0 Å². The average molecular weight is 349 g/mol. The van der Waals surface area contributed by atoms with Gasteiger partial charge in [0.25, 0.3) is 0 Å². The lowest BCUT2D eigenvalue weighted by Crippen LogP contribution is -2.35.